The Kier molecular flexibility index (Phi) is 5.34. The minimum Gasteiger partial charge on any atom is -0.478 e. The van der Waals surface area contributed by atoms with E-state index in [1.54, 1.807) is 6.20 Å². The average Bonchev–Trinajstić information content (AvgIpc) is 3.63. The third-order valence-electron chi connectivity index (χ3n) is 7.20. The molecule has 3 aromatic rings. The summed E-state index contributed by atoms with van der Waals surface area (Å²) in [5.41, 5.74) is 12.9. The van der Waals surface area contributed by atoms with Gasteiger partial charge in [0, 0.05) is 54.2 Å². The van der Waals surface area contributed by atoms with Crippen molar-refractivity contribution in [2.24, 2.45) is 11.7 Å². The van der Waals surface area contributed by atoms with E-state index in [-0.39, 0.29) is 12.1 Å². The van der Waals surface area contributed by atoms with Crippen LogP contribution in [0, 0.1) is 5.92 Å². The molecule has 1 aliphatic heterocycles. The molecule has 0 amide bonds. The lowest BCUT2D eigenvalue weighted by atomic mass is 9.88. The number of rotatable bonds is 6. The highest BCUT2D eigenvalue weighted by molar-refractivity contribution is 5.95. The van der Waals surface area contributed by atoms with E-state index in [0.29, 0.717) is 29.5 Å². The largest absolute Gasteiger partial charge is 0.478 e. The lowest BCUT2D eigenvalue weighted by Gasteiger charge is -2.22. The molecule has 176 valence electrons. The molecule has 3 aromatic heterocycles. The molecule has 6 rings (SSSR count). The number of carboxylic acid groups (broad SMARTS) is 1. The molecule has 3 aliphatic rings. The molecule has 2 fully saturated rings. The number of nitrogens with zero attached hydrogens (tertiary/aromatic N) is 2. The lowest BCUT2D eigenvalue weighted by Crippen LogP contribution is -2.26. The summed E-state index contributed by atoms with van der Waals surface area (Å²) < 4.78 is 11.4. The van der Waals surface area contributed by atoms with Crippen LogP contribution in [-0.2, 0) is 17.6 Å². The fourth-order valence-corrected chi connectivity index (χ4v) is 5.12. The molecule has 8 nitrogen and oxygen atoms in total. The van der Waals surface area contributed by atoms with Crippen LogP contribution in [0.5, 0.6) is 5.88 Å². The van der Waals surface area contributed by atoms with Crippen molar-refractivity contribution in [1.82, 2.24) is 15.0 Å². The Hall–Kier alpha value is -3.23. The van der Waals surface area contributed by atoms with Gasteiger partial charge in [-0.15, -0.1) is 0 Å². The molecule has 1 unspecified atom stereocenters. The van der Waals surface area contributed by atoms with Crippen molar-refractivity contribution < 1.29 is 19.4 Å². The number of aromatic amines is 1. The first-order valence-electron chi connectivity index (χ1n) is 12.0. The summed E-state index contributed by atoms with van der Waals surface area (Å²) >= 11 is 0. The van der Waals surface area contributed by atoms with E-state index in [1.165, 1.54) is 0 Å². The summed E-state index contributed by atoms with van der Waals surface area (Å²) in [7, 11) is 0. The van der Waals surface area contributed by atoms with Crippen LogP contribution in [0.2, 0.25) is 0 Å². The van der Waals surface area contributed by atoms with Crippen LogP contribution < -0.4 is 10.5 Å². The lowest BCUT2D eigenvalue weighted by molar-refractivity contribution is 0.0237. The zero-order valence-corrected chi connectivity index (χ0v) is 18.9. The van der Waals surface area contributed by atoms with E-state index in [1.807, 2.05) is 24.4 Å². The van der Waals surface area contributed by atoms with Crippen molar-refractivity contribution >= 4 is 5.97 Å². The second-order valence-corrected chi connectivity index (χ2v) is 9.48. The Balaban J connectivity index is 1.32. The van der Waals surface area contributed by atoms with Gasteiger partial charge in [-0.1, -0.05) is 0 Å². The van der Waals surface area contributed by atoms with Crippen molar-refractivity contribution in [3.05, 3.63) is 53.0 Å². The van der Waals surface area contributed by atoms with Crippen LogP contribution in [0.3, 0.4) is 0 Å². The maximum absolute atomic E-state index is 12.2. The van der Waals surface area contributed by atoms with E-state index in [2.05, 4.69) is 15.0 Å². The highest BCUT2D eigenvalue weighted by atomic mass is 16.5. The first-order chi connectivity index (χ1) is 16.6. The SMILES string of the molecule is NC(c1[nH]c2c(c1C(=O)O)CCc1cnc(-c3ccc(OC4CCOCC4)nc3)cc1-2)C1CC1. The van der Waals surface area contributed by atoms with Crippen LogP contribution in [0.25, 0.3) is 22.5 Å². The van der Waals surface area contributed by atoms with Gasteiger partial charge in [0.1, 0.15) is 6.10 Å². The van der Waals surface area contributed by atoms with E-state index in [4.69, 9.17) is 15.2 Å². The zero-order valence-electron chi connectivity index (χ0n) is 18.9. The van der Waals surface area contributed by atoms with Gasteiger partial charge in [-0.3, -0.25) is 4.98 Å². The van der Waals surface area contributed by atoms with Crippen molar-refractivity contribution in [1.29, 1.82) is 0 Å². The molecule has 1 atom stereocenters. The minimum atomic E-state index is -0.911. The summed E-state index contributed by atoms with van der Waals surface area (Å²) in [6.07, 6.45) is 9.07. The second-order valence-electron chi connectivity index (χ2n) is 9.48. The molecular formula is C26H28N4O4. The number of aromatic carboxylic acids is 1. The molecule has 0 spiro atoms. The number of fused-ring (bicyclic) bond motifs is 3. The van der Waals surface area contributed by atoms with Crippen molar-refractivity contribution in [3.63, 3.8) is 0 Å². The molecule has 4 heterocycles. The first kappa shape index (κ1) is 21.3. The highest BCUT2D eigenvalue weighted by Crippen LogP contribution is 2.44. The van der Waals surface area contributed by atoms with E-state index in [0.717, 1.165) is 79.0 Å². The number of ether oxygens (including phenoxy) is 2. The number of hydrogen-bond donors (Lipinski definition) is 3. The summed E-state index contributed by atoms with van der Waals surface area (Å²) in [6, 6.07) is 5.60. The van der Waals surface area contributed by atoms with Crippen LogP contribution in [0.15, 0.2) is 30.6 Å². The first-order valence-corrected chi connectivity index (χ1v) is 12.0. The average molecular weight is 461 g/mol. The summed E-state index contributed by atoms with van der Waals surface area (Å²) in [5, 5.41) is 9.97. The number of nitrogens with one attached hydrogen (secondary N) is 1. The van der Waals surface area contributed by atoms with E-state index >= 15 is 0 Å². The quantitative estimate of drug-likeness (QED) is 0.510. The molecular weight excluding hydrogens is 432 g/mol. The summed E-state index contributed by atoms with van der Waals surface area (Å²) in [4.78, 5) is 24.7. The minimum absolute atomic E-state index is 0.139. The van der Waals surface area contributed by atoms with Crippen LogP contribution in [0.1, 0.15) is 58.9 Å². The second kappa shape index (κ2) is 8.52. The smallest absolute Gasteiger partial charge is 0.337 e. The number of carboxylic acids is 1. The van der Waals surface area contributed by atoms with Crippen molar-refractivity contribution in [3.8, 4) is 28.4 Å². The molecule has 1 saturated heterocycles. The molecule has 1 saturated carbocycles. The van der Waals surface area contributed by atoms with Gasteiger partial charge in [0.05, 0.1) is 30.2 Å². The molecule has 0 radical (unpaired) electrons. The zero-order chi connectivity index (χ0) is 23.2. The highest BCUT2D eigenvalue weighted by Gasteiger charge is 2.36. The number of aryl methyl sites for hydroxylation is 1. The predicted molar refractivity (Wildman–Crippen MR) is 126 cm³/mol. The topological polar surface area (TPSA) is 123 Å². The Morgan fingerprint density at radius 1 is 1.15 bits per heavy atom. The van der Waals surface area contributed by atoms with Gasteiger partial charge in [-0.05, 0) is 54.9 Å². The number of aromatic nitrogens is 3. The van der Waals surface area contributed by atoms with Gasteiger partial charge >= 0.3 is 5.97 Å². The Morgan fingerprint density at radius 2 is 1.97 bits per heavy atom. The van der Waals surface area contributed by atoms with Crippen molar-refractivity contribution in [2.75, 3.05) is 13.2 Å². The molecule has 0 aromatic carbocycles. The van der Waals surface area contributed by atoms with Crippen LogP contribution >= 0.6 is 0 Å². The standard InChI is InChI=1S/C26H28N4O4/c27-23(14-1-2-14)25-22(26(31)32)18-5-3-15-12-28-20(11-19(15)24(18)30-25)16-4-6-21(29-13-16)34-17-7-9-33-10-8-17/h4,6,11-14,17,23,30H,1-3,5,7-10,27H2,(H,31,32). The maximum Gasteiger partial charge on any atom is 0.337 e. The maximum atomic E-state index is 12.2. The Bertz CT molecular complexity index is 1230. The molecule has 8 heteroatoms. The van der Waals surface area contributed by atoms with Gasteiger partial charge in [0.25, 0.3) is 0 Å². The predicted octanol–water partition coefficient (Wildman–Crippen LogP) is 3.90. The normalized spacial score (nSPS) is 18.7. The molecule has 0 bridgehead atoms. The number of pyridine rings is 2. The number of carbonyl (C=O) groups is 1. The van der Waals surface area contributed by atoms with Gasteiger partial charge < -0.3 is 25.3 Å². The molecule has 34 heavy (non-hydrogen) atoms. The summed E-state index contributed by atoms with van der Waals surface area (Å²) in [5.74, 6) is 0.0503. The number of H-pyrrole nitrogens is 1. The Morgan fingerprint density at radius 3 is 2.68 bits per heavy atom. The van der Waals surface area contributed by atoms with Gasteiger partial charge in [0.2, 0.25) is 5.88 Å². The Labute approximate surface area is 197 Å². The monoisotopic (exact) mass is 460 g/mol. The third-order valence-corrected chi connectivity index (χ3v) is 7.20. The van der Waals surface area contributed by atoms with E-state index < -0.39 is 5.97 Å². The summed E-state index contributed by atoms with van der Waals surface area (Å²) in [6.45, 7) is 1.44. The fraction of sp³-hybridized carbons (Fsp3) is 0.423. The van der Waals surface area contributed by atoms with Crippen LogP contribution in [0.4, 0.5) is 0 Å². The number of nitrogens with two attached hydrogens (primary N) is 1. The molecule has 4 N–H and O–H groups in total. The van der Waals surface area contributed by atoms with Gasteiger partial charge in [-0.25, -0.2) is 9.78 Å². The van der Waals surface area contributed by atoms with Gasteiger partial charge in [0.15, 0.2) is 0 Å². The fourth-order valence-electron chi connectivity index (χ4n) is 5.12. The molecule has 2 aliphatic carbocycles. The van der Waals surface area contributed by atoms with Gasteiger partial charge in [-0.2, -0.15) is 0 Å². The van der Waals surface area contributed by atoms with E-state index in [9.17, 15) is 9.90 Å². The third kappa shape index (κ3) is 3.86. The van der Waals surface area contributed by atoms with Crippen LogP contribution in [-0.4, -0.2) is 45.3 Å². The number of hydrogen-bond acceptors (Lipinski definition) is 6. The van der Waals surface area contributed by atoms with Crippen molar-refractivity contribution in [2.45, 2.75) is 50.7 Å².